The number of amides is 3. The van der Waals surface area contributed by atoms with Gasteiger partial charge in [0.1, 0.15) is 23.4 Å². The number of carbonyl (C=O) groups excluding carboxylic acids is 3. The highest BCUT2D eigenvalue weighted by atomic mass is 16.6. The molecular weight excluding hydrogens is 422 g/mol. The van der Waals surface area contributed by atoms with E-state index in [0.29, 0.717) is 11.1 Å². The number of hydrogen-bond acceptors (Lipinski definition) is 5. The van der Waals surface area contributed by atoms with E-state index in [-0.39, 0.29) is 11.8 Å². The number of rotatable bonds is 6. The van der Waals surface area contributed by atoms with Crippen molar-refractivity contribution >= 4 is 17.9 Å². The van der Waals surface area contributed by atoms with Crippen LogP contribution in [0.15, 0.2) is 18.2 Å². The van der Waals surface area contributed by atoms with Crippen molar-refractivity contribution in [1.82, 2.24) is 15.5 Å². The van der Waals surface area contributed by atoms with Gasteiger partial charge in [-0.3, -0.25) is 14.5 Å². The van der Waals surface area contributed by atoms with Gasteiger partial charge in [-0.2, -0.15) is 0 Å². The molecule has 2 rings (SSSR count). The van der Waals surface area contributed by atoms with Crippen LogP contribution in [-0.2, 0) is 14.3 Å². The molecule has 8 nitrogen and oxygen atoms in total. The van der Waals surface area contributed by atoms with Crippen molar-refractivity contribution in [3.8, 4) is 18.2 Å². The summed E-state index contributed by atoms with van der Waals surface area (Å²) >= 11 is 0. The Morgan fingerprint density at radius 3 is 2.39 bits per heavy atom. The Balaban J connectivity index is 2.30. The largest absolute Gasteiger partial charge is 0.508 e. The summed E-state index contributed by atoms with van der Waals surface area (Å²) in [4.78, 5) is 39.7. The summed E-state index contributed by atoms with van der Waals surface area (Å²) < 4.78 is 5.21. The third-order valence-electron chi connectivity index (χ3n) is 5.47. The molecule has 3 N–H and O–H groups in total. The summed E-state index contributed by atoms with van der Waals surface area (Å²) in [5.74, 6) is -0.954. The maximum Gasteiger partial charge on any atom is 0.408 e. The van der Waals surface area contributed by atoms with Gasteiger partial charge in [0.05, 0.1) is 0 Å². The van der Waals surface area contributed by atoms with Gasteiger partial charge < -0.3 is 20.5 Å². The van der Waals surface area contributed by atoms with Crippen LogP contribution < -0.4 is 10.6 Å². The lowest BCUT2D eigenvalue weighted by Crippen LogP contribution is -2.51. The predicted octanol–water partition coefficient (Wildman–Crippen LogP) is 3.52. The summed E-state index contributed by atoms with van der Waals surface area (Å²) in [5.41, 5.74) is 0.284. The number of ether oxygens (including phenoxy) is 1. The fourth-order valence-corrected chi connectivity index (χ4v) is 3.81. The Morgan fingerprint density at radius 1 is 1.21 bits per heavy atom. The summed E-state index contributed by atoms with van der Waals surface area (Å²) in [6.07, 6.45) is 9.88. The zero-order chi connectivity index (χ0) is 24.8. The SMILES string of the molecule is C#CN(C(=O)C(C)NC(=O)OC(C)(C)C)C(C(=O)NC1CCCCC1)c1ccc(O)c(C)c1. The molecule has 2 atom stereocenters. The van der Waals surface area contributed by atoms with Crippen molar-refractivity contribution < 1.29 is 24.2 Å². The lowest BCUT2D eigenvalue weighted by molar-refractivity contribution is -0.138. The van der Waals surface area contributed by atoms with Crippen LogP contribution in [0.1, 0.15) is 77.0 Å². The number of carbonyl (C=O) groups is 3. The summed E-state index contributed by atoms with van der Waals surface area (Å²) in [6.45, 7) is 8.32. The van der Waals surface area contributed by atoms with Gasteiger partial charge in [-0.15, -0.1) is 0 Å². The zero-order valence-corrected chi connectivity index (χ0v) is 20.1. The van der Waals surface area contributed by atoms with E-state index in [1.165, 1.54) is 13.0 Å². The molecule has 0 spiro atoms. The van der Waals surface area contributed by atoms with Crippen LogP contribution in [0.3, 0.4) is 0 Å². The minimum Gasteiger partial charge on any atom is -0.508 e. The maximum absolute atomic E-state index is 13.4. The molecule has 180 valence electrons. The van der Waals surface area contributed by atoms with E-state index < -0.39 is 35.6 Å². The molecule has 33 heavy (non-hydrogen) atoms. The maximum atomic E-state index is 13.4. The molecule has 0 aromatic heterocycles. The van der Waals surface area contributed by atoms with Gasteiger partial charge in [0.15, 0.2) is 0 Å². The van der Waals surface area contributed by atoms with Gasteiger partial charge >= 0.3 is 6.09 Å². The number of benzene rings is 1. The molecule has 1 aliphatic rings. The van der Waals surface area contributed by atoms with Gasteiger partial charge in [-0.25, -0.2) is 4.79 Å². The Hall–Kier alpha value is -3.21. The molecule has 3 amide bonds. The normalized spacial score (nSPS) is 16.1. The molecule has 1 fully saturated rings. The molecule has 1 saturated carbocycles. The van der Waals surface area contributed by atoms with E-state index >= 15 is 0 Å². The van der Waals surface area contributed by atoms with E-state index in [1.807, 2.05) is 0 Å². The van der Waals surface area contributed by atoms with E-state index in [1.54, 1.807) is 39.8 Å². The zero-order valence-electron chi connectivity index (χ0n) is 20.1. The topological polar surface area (TPSA) is 108 Å². The van der Waals surface area contributed by atoms with Gasteiger partial charge in [0.2, 0.25) is 5.91 Å². The number of phenolic OH excluding ortho intramolecular Hbond substituents is 1. The predicted molar refractivity (Wildman–Crippen MR) is 125 cm³/mol. The summed E-state index contributed by atoms with van der Waals surface area (Å²) in [5, 5.41) is 15.4. The van der Waals surface area contributed by atoms with Gasteiger partial charge in [-0.05, 0) is 70.7 Å². The quantitative estimate of drug-likeness (QED) is 0.447. The lowest BCUT2D eigenvalue weighted by atomic mass is 9.94. The molecule has 2 unspecified atom stereocenters. The first-order valence-corrected chi connectivity index (χ1v) is 11.3. The number of nitrogens with zero attached hydrogens (tertiary/aromatic N) is 1. The van der Waals surface area contributed by atoms with Crippen LogP contribution in [0.5, 0.6) is 5.75 Å². The first-order valence-electron chi connectivity index (χ1n) is 11.3. The Morgan fingerprint density at radius 2 is 1.85 bits per heavy atom. The smallest absolute Gasteiger partial charge is 0.408 e. The fourth-order valence-electron chi connectivity index (χ4n) is 3.81. The van der Waals surface area contributed by atoms with Crippen molar-refractivity contribution in [1.29, 1.82) is 0 Å². The molecule has 0 saturated heterocycles. The lowest BCUT2D eigenvalue weighted by Gasteiger charge is -2.31. The molecule has 1 aromatic rings. The van der Waals surface area contributed by atoms with Crippen molar-refractivity contribution in [3.63, 3.8) is 0 Å². The van der Waals surface area contributed by atoms with Crippen molar-refractivity contribution in [2.24, 2.45) is 0 Å². The minimum atomic E-state index is -1.12. The van der Waals surface area contributed by atoms with Crippen molar-refractivity contribution in [3.05, 3.63) is 29.3 Å². The second-order valence-corrected chi connectivity index (χ2v) is 9.50. The number of alkyl carbamates (subject to hydrolysis) is 1. The Kier molecular flexibility index (Phi) is 8.75. The highest BCUT2D eigenvalue weighted by Crippen LogP contribution is 2.27. The molecule has 0 heterocycles. The standard InChI is InChI=1S/C25H35N3O5/c1-7-28(23(31)17(3)26-24(32)33-25(4,5)6)21(18-13-14-20(29)16(2)15-18)22(30)27-19-11-9-8-10-12-19/h1,13-15,17,19,21,29H,8-12H2,2-6H3,(H,26,32)(H,27,30). The van der Waals surface area contributed by atoms with Gasteiger partial charge in [0, 0.05) is 12.1 Å². The number of hydrogen-bond donors (Lipinski definition) is 3. The monoisotopic (exact) mass is 457 g/mol. The molecule has 0 bridgehead atoms. The van der Waals surface area contributed by atoms with Crippen molar-refractivity contribution in [2.45, 2.75) is 90.4 Å². The minimum absolute atomic E-state index is 0.0130. The van der Waals surface area contributed by atoms with Crippen LogP contribution >= 0.6 is 0 Å². The van der Waals surface area contributed by atoms with Crippen LogP contribution in [0.4, 0.5) is 4.79 Å². The first kappa shape index (κ1) is 26.0. The van der Waals surface area contributed by atoms with E-state index in [2.05, 4.69) is 16.7 Å². The summed E-state index contributed by atoms with van der Waals surface area (Å²) in [7, 11) is 0. The van der Waals surface area contributed by atoms with Crippen LogP contribution in [0, 0.1) is 19.4 Å². The second-order valence-electron chi connectivity index (χ2n) is 9.50. The average molecular weight is 458 g/mol. The van der Waals surface area contributed by atoms with Crippen LogP contribution in [0.25, 0.3) is 0 Å². The molecule has 1 aliphatic carbocycles. The summed E-state index contributed by atoms with van der Waals surface area (Å²) in [6, 6.07) is 4.85. The molecule has 8 heteroatoms. The molecule has 0 aliphatic heterocycles. The number of aromatic hydroxyl groups is 1. The van der Waals surface area contributed by atoms with Gasteiger partial charge in [-0.1, -0.05) is 31.8 Å². The second kappa shape index (κ2) is 11.1. The third-order valence-corrected chi connectivity index (χ3v) is 5.47. The van der Waals surface area contributed by atoms with E-state index in [9.17, 15) is 19.5 Å². The third kappa shape index (κ3) is 7.41. The molecule has 0 radical (unpaired) electrons. The molecular formula is C25H35N3O5. The number of nitrogens with one attached hydrogen (secondary N) is 2. The number of terminal acetylenes is 1. The van der Waals surface area contributed by atoms with Crippen molar-refractivity contribution in [2.75, 3.05) is 0 Å². The number of aryl methyl sites for hydroxylation is 1. The fraction of sp³-hybridized carbons (Fsp3) is 0.560. The Bertz CT molecular complexity index is 910. The Labute approximate surface area is 196 Å². The highest BCUT2D eigenvalue weighted by molar-refractivity contribution is 5.93. The van der Waals surface area contributed by atoms with E-state index in [0.717, 1.165) is 37.0 Å². The van der Waals surface area contributed by atoms with Crippen LogP contribution in [0.2, 0.25) is 0 Å². The van der Waals surface area contributed by atoms with E-state index in [4.69, 9.17) is 11.2 Å². The molecule has 1 aromatic carbocycles. The first-order chi connectivity index (χ1) is 15.4. The highest BCUT2D eigenvalue weighted by Gasteiger charge is 2.35. The van der Waals surface area contributed by atoms with Crippen LogP contribution in [-0.4, -0.2) is 45.6 Å². The average Bonchev–Trinajstić information content (AvgIpc) is 2.72. The number of phenols is 1. The van der Waals surface area contributed by atoms with Gasteiger partial charge in [0.25, 0.3) is 5.91 Å².